The van der Waals surface area contributed by atoms with Crippen molar-refractivity contribution >= 4 is 14.0 Å². The van der Waals surface area contributed by atoms with E-state index in [-0.39, 0.29) is 11.9 Å². The van der Waals surface area contributed by atoms with Gasteiger partial charge in [-0.25, -0.2) is 4.39 Å². The molecular formula is C11H15FNSi. The second-order valence-electron chi connectivity index (χ2n) is 4.13. The fourth-order valence-electron chi connectivity index (χ4n) is 2.22. The molecule has 1 aliphatic carbocycles. The van der Waals surface area contributed by atoms with Gasteiger partial charge in [0.15, 0.2) is 0 Å². The summed E-state index contributed by atoms with van der Waals surface area (Å²) >= 11 is 0. The number of rotatable bonds is 1. The smallest absolute Gasteiger partial charge is 0.128 e. The van der Waals surface area contributed by atoms with Gasteiger partial charge in [-0.05, 0) is 24.5 Å². The molecule has 0 aromatic heterocycles. The van der Waals surface area contributed by atoms with Crippen molar-refractivity contribution in [3.8, 4) is 0 Å². The zero-order valence-electron chi connectivity index (χ0n) is 8.60. The highest BCUT2D eigenvalue weighted by atomic mass is 28.3. The summed E-state index contributed by atoms with van der Waals surface area (Å²) in [6, 6.07) is 3.45. The number of hydrogen-bond acceptors (Lipinski definition) is 1. The first-order valence-electron chi connectivity index (χ1n) is 4.98. The van der Waals surface area contributed by atoms with Crippen LogP contribution in [0.5, 0.6) is 0 Å². The lowest BCUT2D eigenvalue weighted by Crippen LogP contribution is -2.27. The van der Waals surface area contributed by atoms with E-state index in [2.05, 4.69) is 13.1 Å². The summed E-state index contributed by atoms with van der Waals surface area (Å²) < 4.78 is 13.5. The highest BCUT2D eigenvalue weighted by Gasteiger charge is 2.26. The van der Waals surface area contributed by atoms with Crippen LogP contribution in [0, 0.1) is 5.82 Å². The van der Waals surface area contributed by atoms with Gasteiger partial charge in [-0.3, -0.25) is 0 Å². The summed E-state index contributed by atoms with van der Waals surface area (Å²) in [4.78, 5) is 0. The minimum atomic E-state index is -0.498. The summed E-state index contributed by atoms with van der Waals surface area (Å²) in [7, 11) is -0.498. The lowest BCUT2D eigenvalue weighted by molar-refractivity contribution is 0.589. The van der Waals surface area contributed by atoms with E-state index in [1.165, 1.54) is 10.8 Å². The van der Waals surface area contributed by atoms with E-state index < -0.39 is 8.80 Å². The van der Waals surface area contributed by atoms with Crippen molar-refractivity contribution in [3.05, 3.63) is 29.1 Å². The standard InChI is InChI=1S/C11H15FNSi/c1-14(2)10-6-4-8(12)11-7(10)3-5-9(11)13/h4,6,9H,3,5,13H2,1-2H3/t9-/m1/s1. The van der Waals surface area contributed by atoms with Crippen molar-refractivity contribution < 1.29 is 4.39 Å². The topological polar surface area (TPSA) is 26.0 Å². The second kappa shape index (κ2) is 3.48. The Labute approximate surface area is 85.7 Å². The molecule has 0 fully saturated rings. The predicted molar refractivity (Wildman–Crippen MR) is 58.8 cm³/mol. The number of halogens is 1. The Bertz CT molecular complexity index is 363. The average Bonchev–Trinajstić information content (AvgIpc) is 2.49. The summed E-state index contributed by atoms with van der Waals surface area (Å²) in [5.74, 6) is -0.114. The molecule has 0 bridgehead atoms. The Kier molecular flexibility index (Phi) is 2.45. The minimum Gasteiger partial charge on any atom is -0.324 e. The third-order valence-electron chi connectivity index (χ3n) is 2.92. The first-order chi connectivity index (χ1) is 6.61. The fourth-order valence-corrected chi connectivity index (χ4v) is 3.50. The van der Waals surface area contributed by atoms with Crippen LogP contribution in [0.25, 0.3) is 0 Å². The van der Waals surface area contributed by atoms with Crippen molar-refractivity contribution in [1.82, 2.24) is 0 Å². The van der Waals surface area contributed by atoms with Gasteiger partial charge in [0.05, 0.1) is 8.80 Å². The van der Waals surface area contributed by atoms with E-state index in [1.54, 1.807) is 6.07 Å². The van der Waals surface area contributed by atoms with E-state index in [4.69, 9.17) is 5.73 Å². The molecular weight excluding hydrogens is 193 g/mol. The summed E-state index contributed by atoms with van der Waals surface area (Å²) in [6.45, 7) is 4.48. The molecule has 0 unspecified atom stereocenters. The van der Waals surface area contributed by atoms with Crippen LogP contribution in [-0.2, 0) is 6.42 Å². The molecule has 2 rings (SSSR count). The molecule has 0 spiro atoms. The van der Waals surface area contributed by atoms with Crippen LogP contribution < -0.4 is 10.9 Å². The average molecular weight is 208 g/mol. The zero-order chi connectivity index (χ0) is 10.3. The van der Waals surface area contributed by atoms with Gasteiger partial charge in [-0.2, -0.15) is 0 Å². The molecule has 75 valence electrons. The third kappa shape index (κ3) is 1.40. The van der Waals surface area contributed by atoms with E-state index >= 15 is 0 Å². The highest BCUT2D eigenvalue weighted by molar-refractivity contribution is 6.71. The van der Waals surface area contributed by atoms with Gasteiger partial charge in [0, 0.05) is 11.6 Å². The van der Waals surface area contributed by atoms with Crippen molar-refractivity contribution in [1.29, 1.82) is 0 Å². The quantitative estimate of drug-likeness (QED) is 0.699. The normalized spacial score (nSPS) is 20.2. The Morgan fingerprint density at radius 3 is 2.79 bits per heavy atom. The van der Waals surface area contributed by atoms with Crippen LogP contribution in [0.3, 0.4) is 0 Å². The molecule has 0 aliphatic heterocycles. The highest BCUT2D eigenvalue weighted by Crippen LogP contribution is 2.30. The van der Waals surface area contributed by atoms with Crippen molar-refractivity contribution in [2.75, 3.05) is 0 Å². The van der Waals surface area contributed by atoms with Gasteiger partial charge >= 0.3 is 0 Å². The molecule has 0 amide bonds. The predicted octanol–water partition coefficient (Wildman–Crippen LogP) is 1.73. The molecule has 0 heterocycles. The maximum atomic E-state index is 13.5. The van der Waals surface area contributed by atoms with Gasteiger partial charge in [-0.1, -0.05) is 24.3 Å². The maximum Gasteiger partial charge on any atom is 0.128 e. The van der Waals surface area contributed by atoms with Crippen LogP contribution in [-0.4, -0.2) is 8.80 Å². The van der Waals surface area contributed by atoms with Crippen molar-refractivity contribution in [3.63, 3.8) is 0 Å². The van der Waals surface area contributed by atoms with Crippen LogP contribution in [0.2, 0.25) is 13.1 Å². The van der Waals surface area contributed by atoms with E-state index in [9.17, 15) is 4.39 Å². The summed E-state index contributed by atoms with van der Waals surface area (Å²) in [5, 5.41) is 1.36. The van der Waals surface area contributed by atoms with E-state index in [1.807, 2.05) is 6.07 Å². The van der Waals surface area contributed by atoms with E-state index in [0.717, 1.165) is 18.4 Å². The van der Waals surface area contributed by atoms with Crippen LogP contribution in [0.4, 0.5) is 4.39 Å². The lowest BCUT2D eigenvalue weighted by Gasteiger charge is -2.12. The Hall–Kier alpha value is -0.673. The fraction of sp³-hybridized carbons (Fsp3) is 0.455. The van der Waals surface area contributed by atoms with Gasteiger partial charge in [0.2, 0.25) is 0 Å². The van der Waals surface area contributed by atoms with Crippen LogP contribution in [0.15, 0.2) is 12.1 Å². The minimum absolute atomic E-state index is 0.0775. The molecule has 1 radical (unpaired) electrons. The SMILES string of the molecule is C[Si](C)c1ccc(F)c2c1CC[C@H]2N. The molecule has 2 N–H and O–H groups in total. The van der Waals surface area contributed by atoms with Crippen LogP contribution >= 0.6 is 0 Å². The zero-order valence-corrected chi connectivity index (χ0v) is 9.60. The molecule has 0 saturated carbocycles. The summed E-state index contributed by atoms with van der Waals surface area (Å²) in [5.41, 5.74) is 7.88. The molecule has 1 aromatic carbocycles. The molecule has 1 nitrogen and oxygen atoms in total. The Morgan fingerprint density at radius 2 is 2.14 bits per heavy atom. The van der Waals surface area contributed by atoms with E-state index in [0.29, 0.717) is 0 Å². The van der Waals surface area contributed by atoms with Gasteiger partial charge in [0.1, 0.15) is 5.82 Å². The lowest BCUT2D eigenvalue weighted by atomic mass is 10.1. The Balaban J connectivity index is 2.59. The van der Waals surface area contributed by atoms with Gasteiger partial charge in [-0.15, -0.1) is 0 Å². The van der Waals surface area contributed by atoms with Crippen molar-refractivity contribution in [2.45, 2.75) is 32.0 Å². The first-order valence-corrected chi connectivity index (χ1v) is 7.48. The third-order valence-corrected chi connectivity index (χ3v) is 4.46. The van der Waals surface area contributed by atoms with Crippen LogP contribution in [0.1, 0.15) is 23.6 Å². The molecule has 0 saturated heterocycles. The number of nitrogens with two attached hydrogens (primary N) is 1. The van der Waals surface area contributed by atoms with Crippen molar-refractivity contribution in [2.24, 2.45) is 5.73 Å². The number of benzene rings is 1. The number of fused-ring (bicyclic) bond motifs is 1. The van der Waals surface area contributed by atoms with Gasteiger partial charge in [0.25, 0.3) is 0 Å². The molecule has 14 heavy (non-hydrogen) atoms. The molecule has 1 atom stereocenters. The number of hydrogen-bond donors (Lipinski definition) is 1. The maximum absolute atomic E-state index is 13.5. The molecule has 1 aromatic rings. The first kappa shape index (κ1) is 9.87. The largest absolute Gasteiger partial charge is 0.324 e. The Morgan fingerprint density at radius 1 is 1.43 bits per heavy atom. The van der Waals surface area contributed by atoms with Gasteiger partial charge < -0.3 is 5.73 Å². The molecule has 1 aliphatic rings. The second-order valence-corrected chi connectivity index (χ2v) is 6.67. The monoisotopic (exact) mass is 208 g/mol. The molecule has 3 heteroatoms. The summed E-state index contributed by atoms with van der Waals surface area (Å²) in [6.07, 6.45) is 1.86.